The lowest BCUT2D eigenvalue weighted by atomic mass is 9.61. The van der Waals surface area contributed by atoms with Crippen LogP contribution in [0.25, 0.3) is 0 Å². The summed E-state index contributed by atoms with van der Waals surface area (Å²) in [5, 5.41) is 9.55. The quantitative estimate of drug-likeness (QED) is 0.343. The minimum Gasteiger partial charge on any atom is -0.414 e. The lowest BCUT2D eigenvalue weighted by Gasteiger charge is -2.44. The number of rotatable bonds is 5. The Balaban J connectivity index is 1.59. The van der Waals surface area contributed by atoms with Crippen LogP contribution in [0.3, 0.4) is 0 Å². The van der Waals surface area contributed by atoms with E-state index in [1.807, 2.05) is 0 Å². The maximum absolute atomic E-state index is 13.4. The summed E-state index contributed by atoms with van der Waals surface area (Å²) in [7, 11) is -5.08. The average molecular weight is 509 g/mol. The van der Waals surface area contributed by atoms with Gasteiger partial charge in [0, 0.05) is 12.7 Å². The van der Waals surface area contributed by atoms with Crippen molar-refractivity contribution >= 4 is 18.2 Å². The van der Waals surface area contributed by atoms with Crippen LogP contribution in [0.15, 0.2) is 22.8 Å². The molecule has 6 heteroatoms. The van der Waals surface area contributed by atoms with Crippen molar-refractivity contribution < 1.29 is 18.0 Å². The molecule has 2 fully saturated rings. The summed E-state index contributed by atoms with van der Waals surface area (Å²) in [4.78, 5) is 0. The van der Waals surface area contributed by atoms with Crippen LogP contribution in [0.5, 0.6) is 0 Å². The van der Waals surface area contributed by atoms with Crippen LogP contribution >= 0.6 is 0 Å². The topological polar surface area (TPSA) is 63.6 Å². The minimum absolute atomic E-state index is 0.145. The molecule has 3 aliphatic carbocycles. The van der Waals surface area contributed by atoms with Crippen molar-refractivity contribution in [1.29, 1.82) is 0 Å². The Bertz CT molecular complexity index is 957. The van der Waals surface area contributed by atoms with Crippen molar-refractivity contribution in [3.05, 3.63) is 22.8 Å². The van der Waals surface area contributed by atoms with Crippen molar-refractivity contribution in [2.24, 2.45) is 23.2 Å². The van der Waals surface area contributed by atoms with E-state index in [2.05, 4.69) is 53.8 Å². The maximum Gasteiger partial charge on any atom is 0.192 e. The first-order valence-corrected chi connectivity index (χ1v) is 18.2. The van der Waals surface area contributed by atoms with Gasteiger partial charge in [0.25, 0.3) is 0 Å². The largest absolute Gasteiger partial charge is 0.414 e. The molecule has 4 rings (SSSR count). The Morgan fingerprint density at radius 1 is 1.21 bits per heavy atom. The zero-order valence-corrected chi connectivity index (χ0v) is 24.4. The van der Waals surface area contributed by atoms with E-state index in [0.29, 0.717) is 17.8 Å². The standard InChI is InChI=1S/C28H48O4SSi/c1-19(17-29)24-12-13-25-20(9-8-14-28(24,25)5)15-26-23-16-22(32-34(6,7)27(2,3)4)11-10-21(23)18-33(26,30)31/h15,19,22,24-26,29H,8-14,16-18H2,1-7H3/b20-15+/t19-,22+,24-,25+,26+,28-/m1/s1. The van der Waals surface area contributed by atoms with Crippen LogP contribution in [-0.4, -0.2) is 45.6 Å². The first-order valence-electron chi connectivity index (χ1n) is 13.6. The lowest BCUT2D eigenvalue weighted by molar-refractivity contribution is 0.0688. The minimum atomic E-state index is -3.18. The van der Waals surface area contributed by atoms with Gasteiger partial charge in [-0.1, -0.05) is 51.8 Å². The zero-order chi connectivity index (χ0) is 25.1. The summed E-state index contributed by atoms with van der Waals surface area (Å²) in [6.45, 7) is 16.2. The molecule has 0 amide bonds. The number of fused-ring (bicyclic) bond motifs is 1. The fourth-order valence-electron chi connectivity index (χ4n) is 7.45. The summed E-state index contributed by atoms with van der Waals surface area (Å²) < 4.78 is 33.5. The van der Waals surface area contributed by atoms with Crippen LogP contribution in [0, 0.1) is 23.2 Å². The average Bonchev–Trinajstić information content (AvgIpc) is 3.20. The van der Waals surface area contributed by atoms with Crippen molar-refractivity contribution in [2.45, 2.75) is 115 Å². The second-order valence-corrected chi connectivity index (χ2v) is 20.5. The molecule has 0 aromatic carbocycles. The fourth-order valence-corrected chi connectivity index (χ4v) is 10.9. The van der Waals surface area contributed by atoms with Gasteiger partial charge in [0.2, 0.25) is 0 Å². The molecule has 0 bridgehead atoms. The zero-order valence-electron chi connectivity index (χ0n) is 22.6. The highest BCUT2D eigenvalue weighted by molar-refractivity contribution is 7.92. The predicted molar refractivity (Wildman–Crippen MR) is 143 cm³/mol. The molecule has 1 aliphatic heterocycles. The van der Waals surface area contributed by atoms with Gasteiger partial charge in [-0.25, -0.2) is 8.42 Å². The van der Waals surface area contributed by atoms with E-state index in [9.17, 15) is 13.5 Å². The molecule has 0 unspecified atom stereocenters. The fraction of sp³-hybridized carbons (Fsp3) is 0.857. The van der Waals surface area contributed by atoms with Crippen LogP contribution < -0.4 is 0 Å². The first kappa shape index (κ1) is 26.6. The summed E-state index contributed by atoms with van der Waals surface area (Å²) in [5.74, 6) is 1.54. The highest BCUT2D eigenvalue weighted by atomic mass is 32.2. The Kier molecular flexibility index (Phi) is 7.16. The highest BCUT2D eigenvalue weighted by Crippen LogP contribution is 2.59. The number of sulfone groups is 1. The van der Waals surface area contributed by atoms with E-state index >= 15 is 0 Å². The van der Waals surface area contributed by atoms with Gasteiger partial charge < -0.3 is 9.53 Å². The van der Waals surface area contributed by atoms with Crippen LogP contribution in [0.1, 0.15) is 86.0 Å². The molecule has 194 valence electrons. The second-order valence-electron chi connectivity index (χ2n) is 13.6. The number of aliphatic hydroxyl groups is 1. The first-order chi connectivity index (χ1) is 15.7. The van der Waals surface area contributed by atoms with Gasteiger partial charge in [-0.2, -0.15) is 0 Å². The summed E-state index contributed by atoms with van der Waals surface area (Å²) in [6.07, 6.45) is 10.6. The SMILES string of the molecule is C[C@H](CO)[C@H]1CC[C@H]2/C(=C/[C@H]3C4=C(CC[C@H](O[Si](C)(C)C(C)(C)C)C4)CS3(=O)=O)CCC[C@]12C. The second kappa shape index (κ2) is 9.15. The van der Waals surface area contributed by atoms with Gasteiger partial charge in [-0.3, -0.25) is 0 Å². The van der Waals surface area contributed by atoms with E-state index in [4.69, 9.17) is 4.43 Å². The number of allylic oxidation sites excluding steroid dienone is 1. The predicted octanol–water partition coefficient (Wildman–Crippen LogP) is 6.43. The molecule has 34 heavy (non-hydrogen) atoms. The summed E-state index contributed by atoms with van der Waals surface area (Å²) in [6, 6.07) is 0. The van der Waals surface area contributed by atoms with Crippen molar-refractivity contribution in [1.82, 2.24) is 0 Å². The normalized spacial score (nSPS) is 38.2. The van der Waals surface area contributed by atoms with Gasteiger partial charge in [0.15, 0.2) is 18.2 Å². The molecule has 2 saturated carbocycles. The molecule has 6 atom stereocenters. The van der Waals surface area contributed by atoms with Gasteiger partial charge >= 0.3 is 0 Å². The van der Waals surface area contributed by atoms with Gasteiger partial charge in [-0.15, -0.1) is 0 Å². The van der Waals surface area contributed by atoms with E-state index in [1.165, 1.54) is 17.6 Å². The van der Waals surface area contributed by atoms with Crippen molar-refractivity contribution in [2.75, 3.05) is 12.4 Å². The Hall–Kier alpha value is -0.433. The van der Waals surface area contributed by atoms with Crippen LogP contribution in [0.2, 0.25) is 18.1 Å². The number of hydrogen-bond donors (Lipinski definition) is 1. The lowest BCUT2D eigenvalue weighted by Crippen LogP contribution is -2.44. The van der Waals surface area contributed by atoms with Crippen LogP contribution in [0.4, 0.5) is 0 Å². The van der Waals surface area contributed by atoms with E-state index in [-0.39, 0.29) is 28.9 Å². The van der Waals surface area contributed by atoms with Gasteiger partial charge in [-0.05, 0) is 98.2 Å². The molecular weight excluding hydrogens is 460 g/mol. The Labute approximate surface area is 209 Å². The number of aliphatic hydroxyl groups excluding tert-OH is 1. The molecule has 0 saturated heterocycles. The summed E-state index contributed by atoms with van der Waals surface area (Å²) >= 11 is 0. The molecule has 1 N–H and O–H groups in total. The third-order valence-corrected chi connectivity index (χ3v) is 16.9. The molecule has 1 heterocycles. The molecule has 0 radical (unpaired) electrons. The maximum atomic E-state index is 13.4. The van der Waals surface area contributed by atoms with Crippen LogP contribution in [-0.2, 0) is 14.3 Å². The number of hydrogen-bond acceptors (Lipinski definition) is 4. The Morgan fingerprint density at radius 3 is 2.56 bits per heavy atom. The van der Waals surface area contributed by atoms with E-state index in [1.54, 1.807) is 0 Å². The molecule has 0 aromatic rings. The third kappa shape index (κ3) is 4.66. The summed E-state index contributed by atoms with van der Waals surface area (Å²) in [5.41, 5.74) is 3.91. The molecule has 0 aromatic heterocycles. The van der Waals surface area contributed by atoms with E-state index < -0.39 is 23.4 Å². The molecular formula is C28H48O4SSi. The van der Waals surface area contributed by atoms with Gasteiger partial charge in [0.05, 0.1) is 5.75 Å². The molecule has 4 aliphatic rings. The monoisotopic (exact) mass is 508 g/mol. The van der Waals surface area contributed by atoms with Crippen molar-refractivity contribution in [3.8, 4) is 0 Å². The Morgan fingerprint density at radius 2 is 1.91 bits per heavy atom. The van der Waals surface area contributed by atoms with Crippen molar-refractivity contribution in [3.63, 3.8) is 0 Å². The van der Waals surface area contributed by atoms with E-state index in [0.717, 1.165) is 50.5 Å². The molecule has 4 nitrogen and oxygen atoms in total. The highest BCUT2D eigenvalue weighted by Gasteiger charge is 2.51. The van der Waals surface area contributed by atoms with Gasteiger partial charge in [0.1, 0.15) is 5.25 Å². The smallest absolute Gasteiger partial charge is 0.192 e. The molecule has 0 spiro atoms. The third-order valence-electron chi connectivity index (χ3n) is 10.4.